The molecule has 1 saturated carbocycles. The van der Waals surface area contributed by atoms with Crippen molar-refractivity contribution in [2.75, 3.05) is 13.2 Å². The van der Waals surface area contributed by atoms with Gasteiger partial charge in [-0.3, -0.25) is 4.79 Å². The van der Waals surface area contributed by atoms with Gasteiger partial charge in [-0.2, -0.15) is 0 Å². The van der Waals surface area contributed by atoms with Crippen LogP contribution in [0.4, 0.5) is 0 Å². The third kappa shape index (κ3) is 3.00. The van der Waals surface area contributed by atoms with Gasteiger partial charge in [-0.05, 0) is 37.5 Å². The standard InChI is InChI=1S/C16H19NO5/c1-10(16(19)20)17(12-3-4-12)15(18)9-11-2-5-13-14(8-11)22-7-6-21-13/h2,5,8,10,12H,3-4,6-7,9H2,1H3,(H,19,20). The van der Waals surface area contributed by atoms with Crippen molar-refractivity contribution in [3.8, 4) is 11.5 Å². The number of rotatable bonds is 5. The number of aliphatic carboxylic acids is 1. The Balaban J connectivity index is 1.73. The van der Waals surface area contributed by atoms with Crippen LogP contribution in [0.3, 0.4) is 0 Å². The first-order chi connectivity index (χ1) is 10.6. The van der Waals surface area contributed by atoms with E-state index < -0.39 is 12.0 Å². The molecule has 0 radical (unpaired) electrons. The number of amides is 1. The van der Waals surface area contributed by atoms with Crippen molar-refractivity contribution in [1.29, 1.82) is 0 Å². The number of carboxylic acids is 1. The first-order valence-electron chi connectivity index (χ1n) is 7.49. The first-order valence-corrected chi connectivity index (χ1v) is 7.49. The van der Waals surface area contributed by atoms with Crippen LogP contribution >= 0.6 is 0 Å². The Morgan fingerprint density at radius 2 is 1.95 bits per heavy atom. The highest BCUT2D eigenvalue weighted by Gasteiger charge is 2.38. The summed E-state index contributed by atoms with van der Waals surface area (Å²) in [5.74, 6) is 0.192. The van der Waals surface area contributed by atoms with Crippen molar-refractivity contribution in [2.24, 2.45) is 0 Å². The molecular formula is C16H19NO5. The predicted molar refractivity (Wildman–Crippen MR) is 78.1 cm³/mol. The fourth-order valence-corrected chi connectivity index (χ4v) is 2.67. The van der Waals surface area contributed by atoms with Gasteiger partial charge < -0.3 is 19.5 Å². The van der Waals surface area contributed by atoms with Crippen LogP contribution in [-0.4, -0.2) is 47.2 Å². The van der Waals surface area contributed by atoms with Crippen LogP contribution in [0.25, 0.3) is 0 Å². The second kappa shape index (κ2) is 5.87. The number of carbonyl (C=O) groups excluding carboxylic acids is 1. The van der Waals surface area contributed by atoms with Gasteiger partial charge in [-0.15, -0.1) is 0 Å². The molecule has 0 aromatic heterocycles. The molecule has 2 aliphatic rings. The Bertz CT molecular complexity index is 596. The van der Waals surface area contributed by atoms with E-state index in [9.17, 15) is 14.7 Å². The molecule has 1 aliphatic carbocycles. The Morgan fingerprint density at radius 3 is 2.59 bits per heavy atom. The van der Waals surface area contributed by atoms with Gasteiger partial charge in [0.2, 0.25) is 5.91 Å². The minimum absolute atomic E-state index is 0.0656. The summed E-state index contributed by atoms with van der Waals surface area (Å²) in [6.07, 6.45) is 1.93. The van der Waals surface area contributed by atoms with Crippen LogP contribution in [0, 0.1) is 0 Å². The molecule has 22 heavy (non-hydrogen) atoms. The summed E-state index contributed by atoms with van der Waals surface area (Å²) in [5, 5.41) is 9.17. The van der Waals surface area contributed by atoms with Gasteiger partial charge in [0, 0.05) is 6.04 Å². The van der Waals surface area contributed by atoms with E-state index in [1.807, 2.05) is 6.07 Å². The summed E-state index contributed by atoms with van der Waals surface area (Å²) < 4.78 is 11.0. The molecule has 1 amide bonds. The first kappa shape index (κ1) is 14.7. The summed E-state index contributed by atoms with van der Waals surface area (Å²) in [6, 6.07) is 4.68. The van der Waals surface area contributed by atoms with E-state index in [4.69, 9.17) is 9.47 Å². The number of fused-ring (bicyclic) bond motifs is 1. The minimum atomic E-state index is -0.970. The lowest BCUT2D eigenvalue weighted by atomic mass is 10.1. The van der Waals surface area contributed by atoms with Crippen LogP contribution in [0.2, 0.25) is 0 Å². The van der Waals surface area contributed by atoms with E-state index in [2.05, 4.69) is 0 Å². The molecule has 1 aliphatic heterocycles. The van der Waals surface area contributed by atoms with Gasteiger partial charge in [0.25, 0.3) is 0 Å². The van der Waals surface area contributed by atoms with E-state index in [1.54, 1.807) is 19.1 Å². The van der Waals surface area contributed by atoms with Crippen molar-refractivity contribution in [2.45, 2.75) is 38.3 Å². The summed E-state index contributed by atoms with van der Waals surface area (Å²) in [6.45, 7) is 2.58. The number of hydrogen-bond acceptors (Lipinski definition) is 4. The van der Waals surface area contributed by atoms with Crippen LogP contribution in [-0.2, 0) is 16.0 Å². The maximum atomic E-state index is 12.5. The van der Waals surface area contributed by atoms with E-state index >= 15 is 0 Å². The molecule has 1 aromatic carbocycles. The van der Waals surface area contributed by atoms with Gasteiger partial charge >= 0.3 is 5.97 Å². The second-order valence-electron chi connectivity index (χ2n) is 5.70. The molecule has 1 N–H and O–H groups in total. The fourth-order valence-electron chi connectivity index (χ4n) is 2.67. The average molecular weight is 305 g/mol. The summed E-state index contributed by atoms with van der Waals surface area (Å²) >= 11 is 0. The third-order valence-electron chi connectivity index (χ3n) is 3.96. The largest absolute Gasteiger partial charge is 0.486 e. The van der Waals surface area contributed by atoms with Gasteiger partial charge in [0.15, 0.2) is 11.5 Å². The number of carbonyl (C=O) groups is 2. The maximum absolute atomic E-state index is 12.5. The predicted octanol–water partition coefficient (Wildman–Crippen LogP) is 1.46. The zero-order valence-corrected chi connectivity index (χ0v) is 12.4. The fraction of sp³-hybridized carbons (Fsp3) is 0.500. The molecule has 0 bridgehead atoms. The molecular weight excluding hydrogens is 286 g/mol. The van der Waals surface area contributed by atoms with Crippen LogP contribution < -0.4 is 9.47 Å². The number of ether oxygens (including phenoxy) is 2. The maximum Gasteiger partial charge on any atom is 0.326 e. The second-order valence-corrected chi connectivity index (χ2v) is 5.70. The summed E-state index contributed by atoms with van der Waals surface area (Å²) in [7, 11) is 0. The Hall–Kier alpha value is -2.24. The van der Waals surface area contributed by atoms with E-state index in [0.717, 1.165) is 18.4 Å². The molecule has 0 spiro atoms. The molecule has 0 saturated heterocycles. The molecule has 6 heteroatoms. The van der Waals surface area contributed by atoms with Gasteiger partial charge in [0.1, 0.15) is 19.3 Å². The normalized spacial score (nSPS) is 17.7. The van der Waals surface area contributed by atoms with Gasteiger partial charge in [-0.25, -0.2) is 4.79 Å². The van der Waals surface area contributed by atoms with Crippen LogP contribution in [0.1, 0.15) is 25.3 Å². The molecule has 6 nitrogen and oxygen atoms in total. The van der Waals surface area contributed by atoms with Crippen molar-refractivity contribution in [3.63, 3.8) is 0 Å². The summed E-state index contributed by atoms with van der Waals surface area (Å²) in [4.78, 5) is 25.2. The van der Waals surface area contributed by atoms with E-state index in [0.29, 0.717) is 24.7 Å². The lowest BCUT2D eigenvalue weighted by Gasteiger charge is -2.27. The molecule has 1 unspecified atom stereocenters. The number of nitrogens with zero attached hydrogens (tertiary/aromatic N) is 1. The Morgan fingerprint density at radius 1 is 1.27 bits per heavy atom. The molecule has 3 rings (SSSR count). The highest BCUT2D eigenvalue weighted by molar-refractivity contribution is 5.85. The van der Waals surface area contributed by atoms with Crippen molar-refractivity contribution >= 4 is 11.9 Å². The molecule has 1 fully saturated rings. The third-order valence-corrected chi connectivity index (χ3v) is 3.96. The molecule has 1 atom stereocenters. The highest BCUT2D eigenvalue weighted by atomic mass is 16.6. The molecule has 118 valence electrons. The highest BCUT2D eigenvalue weighted by Crippen LogP contribution is 2.32. The minimum Gasteiger partial charge on any atom is -0.486 e. The SMILES string of the molecule is CC(C(=O)O)N(C(=O)Cc1ccc2c(c1)OCCO2)C1CC1. The van der Waals surface area contributed by atoms with Crippen molar-refractivity contribution in [1.82, 2.24) is 4.90 Å². The zero-order chi connectivity index (χ0) is 15.7. The Kier molecular flexibility index (Phi) is 3.92. The van der Waals surface area contributed by atoms with Crippen molar-refractivity contribution < 1.29 is 24.2 Å². The van der Waals surface area contributed by atoms with Crippen LogP contribution in [0.5, 0.6) is 11.5 Å². The number of carboxylic acid groups (broad SMARTS) is 1. The topological polar surface area (TPSA) is 76.1 Å². The molecule has 1 aromatic rings. The number of hydrogen-bond donors (Lipinski definition) is 1. The summed E-state index contributed by atoms with van der Waals surface area (Å²) in [5.41, 5.74) is 0.803. The average Bonchev–Trinajstić information content (AvgIpc) is 3.32. The van der Waals surface area contributed by atoms with Gasteiger partial charge in [-0.1, -0.05) is 6.07 Å². The Labute approximate surface area is 128 Å². The lowest BCUT2D eigenvalue weighted by molar-refractivity contribution is -0.149. The van der Waals surface area contributed by atoms with E-state index in [1.165, 1.54) is 4.90 Å². The van der Waals surface area contributed by atoms with Crippen molar-refractivity contribution in [3.05, 3.63) is 23.8 Å². The van der Waals surface area contributed by atoms with E-state index in [-0.39, 0.29) is 18.4 Å². The molecule has 1 heterocycles. The lowest BCUT2D eigenvalue weighted by Crippen LogP contribution is -2.45. The number of benzene rings is 1. The van der Waals surface area contributed by atoms with Crippen LogP contribution in [0.15, 0.2) is 18.2 Å². The smallest absolute Gasteiger partial charge is 0.326 e. The quantitative estimate of drug-likeness (QED) is 0.891. The zero-order valence-electron chi connectivity index (χ0n) is 12.4. The monoisotopic (exact) mass is 305 g/mol. The van der Waals surface area contributed by atoms with Gasteiger partial charge in [0.05, 0.1) is 6.42 Å².